The van der Waals surface area contributed by atoms with E-state index in [9.17, 15) is 10.1 Å². The first kappa shape index (κ1) is 15.9. The van der Waals surface area contributed by atoms with Crippen molar-refractivity contribution >= 4 is 39.3 Å². The average molecular weight is 346 g/mol. The Labute approximate surface area is 142 Å². The molecule has 3 rings (SSSR count). The molecule has 0 saturated heterocycles. The molecular formula is C16H14N2O3S2. The number of thioether (sulfide) groups is 2. The van der Waals surface area contributed by atoms with E-state index in [0.29, 0.717) is 11.5 Å². The molecule has 0 N–H and O–H groups in total. The van der Waals surface area contributed by atoms with Gasteiger partial charge < -0.3 is 4.74 Å². The molecule has 0 fully saturated rings. The van der Waals surface area contributed by atoms with Crippen molar-refractivity contribution in [1.29, 1.82) is 0 Å². The third-order valence-electron chi connectivity index (χ3n) is 3.38. The van der Waals surface area contributed by atoms with Crippen molar-refractivity contribution in [3.63, 3.8) is 0 Å². The van der Waals surface area contributed by atoms with Crippen molar-refractivity contribution in [3.05, 3.63) is 63.7 Å². The summed E-state index contributed by atoms with van der Waals surface area (Å²) in [6.45, 7) is 0. The Kier molecular flexibility index (Phi) is 4.88. The fraction of sp³-hybridized carbons (Fsp3) is 0.188. The zero-order valence-corrected chi connectivity index (χ0v) is 14.0. The third kappa shape index (κ3) is 3.68. The fourth-order valence-corrected chi connectivity index (χ4v) is 4.26. The number of hydrogen-bond donors (Lipinski definition) is 0. The van der Waals surface area contributed by atoms with Gasteiger partial charge in [-0.1, -0.05) is 41.7 Å². The molecule has 1 heterocycles. The molecule has 0 aromatic heterocycles. The van der Waals surface area contributed by atoms with Crippen LogP contribution in [-0.4, -0.2) is 16.4 Å². The van der Waals surface area contributed by atoms with Crippen LogP contribution in [0, 0.1) is 10.1 Å². The minimum atomic E-state index is -0.392. The molecule has 7 heteroatoms. The number of nitro groups is 1. The molecule has 5 nitrogen and oxygen atoms in total. The SMILES string of the molecule is COc1ccc([N+](=O)[O-])cc1CSC1=Nc2ccccc2CS1. The van der Waals surface area contributed by atoms with E-state index in [1.165, 1.54) is 11.6 Å². The molecule has 1 aliphatic rings. The van der Waals surface area contributed by atoms with Crippen molar-refractivity contribution in [2.75, 3.05) is 7.11 Å². The van der Waals surface area contributed by atoms with Gasteiger partial charge in [-0.3, -0.25) is 10.1 Å². The molecule has 118 valence electrons. The second-order valence-corrected chi connectivity index (χ2v) is 7.02. The maximum Gasteiger partial charge on any atom is 0.270 e. The number of benzene rings is 2. The van der Waals surface area contributed by atoms with Gasteiger partial charge in [-0.25, -0.2) is 4.99 Å². The van der Waals surface area contributed by atoms with Crippen LogP contribution in [0.4, 0.5) is 11.4 Å². The molecule has 0 unspecified atom stereocenters. The van der Waals surface area contributed by atoms with Gasteiger partial charge in [0.1, 0.15) is 10.1 Å². The van der Waals surface area contributed by atoms with Gasteiger partial charge in [-0.15, -0.1) is 0 Å². The molecular weight excluding hydrogens is 332 g/mol. The van der Waals surface area contributed by atoms with Crippen molar-refractivity contribution < 1.29 is 9.66 Å². The summed E-state index contributed by atoms with van der Waals surface area (Å²) in [6.07, 6.45) is 0. The topological polar surface area (TPSA) is 64.7 Å². The lowest BCUT2D eigenvalue weighted by Gasteiger charge is -2.14. The summed E-state index contributed by atoms with van der Waals surface area (Å²) in [6, 6.07) is 12.7. The maximum absolute atomic E-state index is 10.9. The molecule has 2 aromatic carbocycles. The molecule has 0 aliphatic carbocycles. The molecule has 0 atom stereocenters. The second kappa shape index (κ2) is 7.06. The predicted octanol–water partition coefficient (Wildman–Crippen LogP) is 4.77. The number of ether oxygens (including phenoxy) is 1. The van der Waals surface area contributed by atoms with Gasteiger partial charge in [-0.05, 0) is 17.7 Å². The first-order chi connectivity index (χ1) is 11.2. The number of fused-ring (bicyclic) bond motifs is 1. The lowest BCUT2D eigenvalue weighted by molar-refractivity contribution is -0.384. The van der Waals surface area contributed by atoms with Crippen LogP contribution in [0.2, 0.25) is 0 Å². The van der Waals surface area contributed by atoms with E-state index >= 15 is 0 Å². The molecule has 1 aliphatic heterocycles. The van der Waals surface area contributed by atoms with Gasteiger partial charge in [-0.2, -0.15) is 0 Å². The number of rotatable bonds is 4. The van der Waals surface area contributed by atoms with E-state index in [1.807, 2.05) is 18.2 Å². The zero-order valence-electron chi connectivity index (χ0n) is 12.4. The van der Waals surface area contributed by atoms with Crippen LogP contribution in [-0.2, 0) is 11.5 Å². The number of hydrogen-bond acceptors (Lipinski definition) is 6. The van der Waals surface area contributed by atoms with E-state index in [4.69, 9.17) is 4.74 Å². The zero-order chi connectivity index (χ0) is 16.2. The Morgan fingerprint density at radius 2 is 2.17 bits per heavy atom. The number of methoxy groups -OCH3 is 1. The summed E-state index contributed by atoms with van der Waals surface area (Å²) in [5.41, 5.74) is 3.10. The van der Waals surface area contributed by atoms with Gasteiger partial charge >= 0.3 is 0 Å². The van der Waals surface area contributed by atoms with Crippen LogP contribution in [0.3, 0.4) is 0 Å². The summed E-state index contributed by atoms with van der Waals surface area (Å²) in [5.74, 6) is 2.14. The normalized spacial score (nSPS) is 13.2. The van der Waals surface area contributed by atoms with E-state index in [1.54, 1.807) is 42.8 Å². The Bertz CT molecular complexity index is 778. The number of aliphatic imine (C=N–C) groups is 1. The Morgan fingerprint density at radius 1 is 1.35 bits per heavy atom. The average Bonchev–Trinajstić information content (AvgIpc) is 2.59. The van der Waals surface area contributed by atoms with E-state index in [0.717, 1.165) is 21.4 Å². The molecule has 23 heavy (non-hydrogen) atoms. The summed E-state index contributed by atoms with van der Waals surface area (Å²) in [7, 11) is 1.57. The largest absolute Gasteiger partial charge is 0.496 e. The van der Waals surface area contributed by atoms with Crippen LogP contribution >= 0.6 is 23.5 Å². The first-order valence-corrected chi connectivity index (χ1v) is 8.88. The van der Waals surface area contributed by atoms with Crippen LogP contribution in [0.1, 0.15) is 11.1 Å². The van der Waals surface area contributed by atoms with Crippen LogP contribution in [0.25, 0.3) is 0 Å². The van der Waals surface area contributed by atoms with Gasteiger partial charge in [0.05, 0.1) is 17.7 Å². The molecule has 0 bridgehead atoms. The predicted molar refractivity (Wildman–Crippen MR) is 95.8 cm³/mol. The highest BCUT2D eigenvalue weighted by Gasteiger charge is 2.15. The number of non-ortho nitro benzene ring substituents is 1. The number of nitrogens with zero attached hydrogens (tertiary/aromatic N) is 2. The lowest BCUT2D eigenvalue weighted by atomic mass is 10.2. The van der Waals surface area contributed by atoms with Gasteiger partial charge in [0.15, 0.2) is 0 Å². The maximum atomic E-state index is 10.9. The summed E-state index contributed by atoms with van der Waals surface area (Å²) < 4.78 is 6.26. The molecule has 0 saturated carbocycles. The van der Waals surface area contributed by atoms with Gasteiger partial charge in [0.25, 0.3) is 5.69 Å². The minimum absolute atomic E-state index is 0.0741. The summed E-state index contributed by atoms with van der Waals surface area (Å²) in [5, 5.41) is 10.9. The van der Waals surface area contributed by atoms with E-state index < -0.39 is 4.92 Å². The highest BCUT2D eigenvalue weighted by Crippen LogP contribution is 2.37. The monoisotopic (exact) mass is 346 g/mol. The molecule has 0 amide bonds. The lowest BCUT2D eigenvalue weighted by Crippen LogP contribution is -1.98. The van der Waals surface area contributed by atoms with Crippen molar-refractivity contribution in [2.45, 2.75) is 11.5 Å². The van der Waals surface area contributed by atoms with Crippen molar-refractivity contribution in [2.24, 2.45) is 4.99 Å². The standard InChI is InChI=1S/C16H14N2O3S2/c1-21-15-7-6-13(18(19)20)8-12(15)10-23-16-17-14-5-3-2-4-11(14)9-22-16/h2-8H,9-10H2,1H3. The van der Waals surface area contributed by atoms with Gasteiger partial charge in [0, 0.05) is 29.2 Å². The molecule has 0 spiro atoms. The van der Waals surface area contributed by atoms with Gasteiger partial charge in [0.2, 0.25) is 0 Å². The number of para-hydroxylation sites is 1. The summed E-state index contributed by atoms with van der Waals surface area (Å²) in [4.78, 5) is 15.2. The van der Waals surface area contributed by atoms with Crippen LogP contribution < -0.4 is 4.74 Å². The smallest absolute Gasteiger partial charge is 0.270 e. The Hall–Kier alpha value is -1.99. The Balaban J connectivity index is 1.77. The van der Waals surface area contributed by atoms with Crippen LogP contribution in [0.5, 0.6) is 5.75 Å². The quantitative estimate of drug-likeness (QED) is 0.589. The van der Waals surface area contributed by atoms with E-state index in [-0.39, 0.29) is 5.69 Å². The minimum Gasteiger partial charge on any atom is -0.496 e. The highest BCUT2D eigenvalue weighted by molar-refractivity contribution is 8.38. The second-order valence-electron chi connectivity index (χ2n) is 4.84. The van der Waals surface area contributed by atoms with E-state index in [2.05, 4.69) is 11.1 Å². The third-order valence-corrected chi connectivity index (χ3v) is 5.67. The highest BCUT2D eigenvalue weighted by atomic mass is 32.2. The Morgan fingerprint density at radius 3 is 2.96 bits per heavy atom. The fourth-order valence-electron chi connectivity index (χ4n) is 2.22. The van der Waals surface area contributed by atoms with Crippen molar-refractivity contribution in [3.8, 4) is 5.75 Å². The van der Waals surface area contributed by atoms with Crippen LogP contribution in [0.15, 0.2) is 47.5 Å². The number of nitro benzene ring substituents is 1. The molecule has 2 aromatic rings. The summed E-state index contributed by atoms with van der Waals surface area (Å²) >= 11 is 3.26. The van der Waals surface area contributed by atoms with Crippen molar-refractivity contribution in [1.82, 2.24) is 0 Å². The molecule has 0 radical (unpaired) electrons. The first-order valence-electron chi connectivity index (χ1n) is 6.91.